The van der Waals surface area contributed by atoms with E-state index in [1.807, 2.05) is 53.9 Å². The van der Waals surface area contributed by atoms with Crippen LogP contribution < -0.4 is 9.64 Å². The highest BCUT2D eigenvalue weighted by atomic mass is 35.5. The average molecular weight is 470 g/mol. The second-order valence-electron chi connectivity index (χ2n) is 7.91. The van der Waals surface area contributed by atoms with E-state index in [9.17, 15) is 5.11 Å². The van der Waals surface area contributed by atoms with Gasteiger partial charge in [0.05, 0.1) is 0 Å². The molecule has 0 amide bonds. The molecule has 0 bridgehead atoms. The maximum Gasteiger partial charge on any atom is 0.178 e. The first-order chi connectivity index (χ1) is 15.7. The van der Waals surface area contributed by atoms with Crippen molar-refractivity contribution in [2.75, 3.05) is 44.2 Å². The van der Waals surface area contributed by atoms with Crippen LogP contribution in [0.4, 0.5) is 5.69 Å². The van der Waals surface area contributed by atoms with Crippen LogP contribution in [0.25, 0.3) is 21.5 Å². The molecular formula is C24H24ClN3O3S. The molecule has 1 atom stereocenters. The molecule has 2 aromatic heterocycles. The van der Waals surface area contributed by atoms with Gasteiger partial charge in [-0.3, -0.25) is 4.90 Å². The summed E-state index contributed by atoms with van der Waals surface area (Å²) in [5, 5.41) is 17.5. The summed E-state index contributed by atoms with van der Waals surface area (Å²) in [7, 11) is 0. The number of nitrogens with zero attached hydrogens (tertiary/aromatic N) is 3. The van der Waals surface area contributed by atoms with Crippen molar-refractivity contribution in [1.82, 2.24) is 10.1 Å². The Morgan fingerprint density at radius 2 is 1.94 bits per heavy atom. The molecule has 8 heteroatoms. The van der Waals surface area contributed by atoms with Crippen molar-refractivity contribution in [3.8, 4) is 17.0 Å². The van der Waals surface area contributed by atoms with Gasteiger partial charge < -0.3 is 19.3 Å². The van der Waals surface area contributed by atoms with Crippen molar-refractivity contribution < 1.29 is 14.4 Å². The van der Waals surface area contributed by atoms with Gasteiger partial charge in [0.1, 0.15) is 28.9 Å². The molecule has 32 heavy (non-hydrogen) atoms. The Labute approximate surface area is 195 Å². The van der Waals surface area contributed by atoms with Gasteiger partial charge in [0.15, 0.2) is 5.58 Å². The van der Waals surface area contributed by atoms with Crippen LogP contribution in [-0.4, -0.2) is 60.6 Å². The van der Waals surface area contributed by atoms with Crippen molar-refractivity contribution in [3.63, 3.8) is 0 Å². The van der Waals surface area contributed by atoms with Crippen molar-refractivity contribution in [2.45, 2.75) is 6.10 Å². The van der Waals surface area contributed by atoms with Gasteiger partial charge in [0.2, 0.25) is 0 Å². The topological polar surface area (TPSA) is 62.0 Å². The lowest BCUT2D eigenvalue weighted by molar-refractivity contribution is 0.0663. The lowest BCUT2D eigenvalue weighted by Gasteiger charge is -2.36. The van der Waals surface area contributed by atoms with E-state index in [-0.39, 0.29) is 6.61 Å². The number of anilines is 1. The zero-order valence-electron chi connectivity index (χ0n) is 17.5. The van der Waals surface area contributed by atoms with Gasteiger partial charge in [-0.15, -0.1) is 11.3 Å². The van der Waals surface area contributed by atoms with Gasteiger partial charge in [-0.1, -0.05) is 35.0 Å². The molecule has 1 aliphatic heterocycles. The van der Waals surface area contributed by atoms with Gasteiger partial charge in [0, 0.05) is 49.0 Å². The molecule has 4 aromatic rings. The van der Waals surface area contributed by atoms with Crippen molar-refractivity contribution in [2.24, 2.45) is 0 Å². The van der Waals surface area contributed by atoms with Crippen LogP contribution >= 0.6 is 22.9 Å². The number of β-amino-alcohol motifs (C(OH)–C–C–N with tert-alkyl or cyclic N) is 1. The predicted molar refractivity (Wildman–Crippen MR) is 129 cm³/mol. The average Bonchev–Trinajstić information content (AvgIpc) is 3.43. The summed E-state index contributed by atoms with van der Waals surface area (Å²) < 4.78 is 12.3. The summed E-state index contributed by atoms with van der Waals surface area (Å²) in [4.78, 5) is 4.60. The number of fused-ring (bicyclic) bond motifs is 1. The summed E-state index contributed by atoms with van der Waals surface area (Å²) in [6.45, 7) is 4.42. The molecule has 0 radical (unpaired) electrons. The summed E-state index contributed by atoms with van der Waals surface area (Å²) in [6, 6.07) is 17.6. The highest BCUT2D eigenvalue weighted by molar-refractivity contribution is 7.17. The fourth-order valence-corrected chi connectivity index (χ4v) is 5.00. The zero-order valence-corrected chi connectivity index (χ0v) is 19.1. The summed E-state index contributed by atoms with van der Waals surface area (Å²) in [6.07, 6.45) is -0.563. The quantitative estimate of drug-likeness (QED) is 0.420. The standard InChI is InChI=1S/C24H24ClN3O3S/c25-18-4-2-5-19(14-18)28-10-8-27(9-11-28)15-20(29)16-30-21-6-1-3-17(13-21)23-24-22(31-26-23)7-12-32-24/h1-7,12-14,20,29H,8-11,15-16H2/t20-/m1/s1. The van der Waals surface area contributed by atoms with Crippen molar-refractivity contribution in [1.29, 1.82) is 0 Å². The lowest BCUT2D eigenvalue weighted by Crippen LogP contribution is -2.49. The summed E-state index contributed by atoms with van der Waals surface area (Å²) in [5.41, 5.74) is 3.70. The normalized spacial score (nSPS) is 15.9. The Morgan fingerprint density at radius 3 is 2.78 bits per heavy atom. The third-order valence-electron chi connectivity index (χ3n) is 5.64. The monoisotopic (exact) mass is 469 g/mol. The van der Waals surface area contributed by atoms with Crippen LogP contribution in [0.5, 0.6) is 5.75 Å². The van der Waals surface area contributed by atoms with E-state index in [0.717, 1.165) is 58.4 Å². The lowest BCUT2D eigenvalue weighted by atomic mass is 10.1. The Kier molecular flexibility index (Phi) is 6.32. The third-order valence-corrected chi connectivity index (χ3v) is 6.78. The second kappa shape index (κ2) is 9.50. The fourth-order valence-electron chi connectivity index (χ4n) is 4.00. The number of thiophene rings is 1. The minimum atomic E-state index is -0.563. The predicted octanol–water partition coefficient (Wildman–Crippen LogP) is 4.77. The first-order valence-corrected chi connectivity index (χ1v) is 11.9. The Morgan fingerprint density at radius 1 is 1.09 bits per heavy atom. The van der Waals surface area contributed by atoms with Crippen LogP contribution in [0, 0.1) is 0 Å². The van der Waals surface area contributed by atoms with Gasteiger partial charge in [0.25, 0.3) is 0 Å². The van der Waals surface area contributed by atoms with Crippen LogP contribution in [0.15, 0.2) is 64.5 Å². The van der Waals surface area contributed by atoms with Crippen LogP contribution in [0.1, 0.15) is 0 Å². The van der Waals surface area contributed by atoms with E-state index in [1.165, 1.54) is 0 Å². The third kappa shape index (κ3) is 4.76. The number of hydrogen-bond acceptors (Lipinski definition) is 7. The molecule has 166 valence electrons. The minimum Gasteiger partial charge on any atom is -0.491 e. The van der Waals surface area contributed by atoms with E-state index < -0.39 is 6.10 Å². The molecule has 5 rings (SSSR count). The number of halogens is 1. The first-order valence-electron chi connectivity index (χ1n) is 10.6. The maximum absolute atomic E-state index is 10.5. The summed E-state index contributed by atoms with van der Waals surface area (Å²) in [5.74, 6) is 0.708. The molecule has 0 saturated carbocycles. The molecule has 1 fully saturated rings. The smallest absolute Gasteiger partial charge is 0.178 e. The van der Waals surface area contributed by atoms with E-state index in [0.29, 0.717) is 12.3 Å². The summed E-state index contributed by atoms with van der Waals surface area (Å²) >= 11 is 7.72. The minimum absolute atomic E-state index is 0.241. The number of benzene rings is 2. The molecule has 1 saturated heterocycles. The number of aromatic nitrogens is 1. The Balaban J connectivity index is 1.13. The SMILES string of the molecule is O[C@@H](COc1cccc(-c2noc3ccsc23)c1)CN1CCN(c2cccc(Cl)c2)CC1. The largest absolute Gasteiger partial charge is 0.491 e. The van der Waals surface area contributed by atoms with Crippen molar-refractivity contribution in [3.05, 3.63) is 65.0 Å². The molecular weight excluding hydrogens is 446 g/mol. The molecule has 0 spiro atoms. The van der Waals surface area contributed by atoms with E-state index in [2.05, 4.69) is 21.0 Å². The van der Waals surface area contributed by atoms with Gasteiger partial charge in [-0.2, -0.15) is 0 Å². The van der Waals surface area contributed by atoms with Crippen LogP contribution in [0.3, 0.4) is 0 Å². The number of aliphatic hydroxyl groups is 1. The van der Waals surface area contributed by atoms with E-state index >= 15 is 0 Å². The number of hydrogen-bond donors (Lipinski definition) is 1. The molecule has 1 N–H and O–H groups in total. The number of aliphatic hydroxyl groups excluding tert-OH is 1. The molecule has 1 aliphatic rings. The van der Waals surface area contributed by atoms with Gasteiger partial charge in [-0.05, 0) is 41.8 Å². The number of piperazine rings is 1. The van der Waals surface area contributed by atoms with E-state index in [1.54, 1.807) is 11.3 Å². The zero-order chi connectivity index (χ0) is 21.9. The number of rotatable bonds is 7. The second-order valence-corrected chi connectivity index (χ2v) is 9.26. The Hall–Kier alpha value is -2.58. The van der Waals surface area contributed by atoms with E-state index in [4.69, 9.17) is 20.9 Å². The molecule has 6 nitrogen and oxygen atoms in total. The van der Waals surface area contributed by atoms with Crippen molar-refractivity contribution >= 4 is 38.9 Å². The Bertz CT molecular complexity index is 1190. The van der Waals surface area contributed by atoms with Gasteiger partial charge in [-0.25, -0.2) is 0 Å². The number of ether oxygens (including phenoxy) is 1. The highest BCUT2D eigenvalue weighted by Gasteiger charge is 2.20. The molecule has 0 aliphatic carbocycles. The fraction of sp³-hybridized carbons (Fsp3) is 0.292. The van der Waals surface area contributed by atoms with Crippen LogP contribution in [0.2, 0.25) is 5.02 Å². The molecule has 2 aromatic carbocycles. The molecule has 3 heterocycles. The van der Waals surface area contributed by atoms with Gasteiger partial charge >= 0.3 is 0 Å². The van der Waals surface area contributed by atoms with Crippen LogP contribution in [-0.2, 0) is 0 Å². The highest BCUT2D eigenvalue weighted by Crippen LogP contribution is 2.33. The molecule has 0 unspecified atom stereocenters. The maximum atomic E-state index is 10.5. The first kappa shape index (κ1) is 21.3.